The molecule has 0 bridgehead atoms. The number of benzene rings is 1. The van der Waals surface area contributed by atoms with Crippen molar-refractivity contribution in [1.29, 1.82) is 0 Å². The van der Waals surface area contributed by atoms with E-state index in [1.807, 2.05) is 0 Å². The Bertz CT molecular complexity index is 890. The Kier molecular flexibility index (Phi) is 6.63. The molecule has 140 valence electrons. The summed E-state index contributed by atoms with van der Waals surface area (Å²) in [5.41, 5.74) is 0.816. The van der Waals surface area contributed by atoms with Gasteiger partial charge in [0.2, 0.25) is 15.8 Å². The third kappa shape index (κ3) is 5.20. The van der Waals surface area contributed by atoms with Crippen LogP contribution in [-0.4, -0.2) is 44.7 Å². The summed E-state index contributed by atoms with van der Waals surface area (Å²) in [6.45, 7) is 0.976. The van der Waals surface area contributed by atoms with Crippen molar-refractivity contribution in [2.75, 3.05) is 20.2 Å². The predicted molar refractivity (Wildman–Crippen MR) is 95.2 cm³/mol. The molecule has 1 aromatic heterocycles. The molecule has 0 spiro atoms. The quantitative estimate of drug-likeness (QED) is 0.503. The Hall–Kier alpha value is -2.10. The molecule has 2 rings (SSSR count). The summed E-state index contributed by atoms with van der Waals surface area (Å²) >= 11 is 0.981. The maximum atomic E-state index is 12.9. The lowest BCUT2D eigenvalue weighted by Crippen LogP contribution is -2.28. The van der Waals surface area contributed by atoms with E-state index in [9.17, 15) is 22.4 Å². The van der Waals surface area contributed by atoms with Crippen LogP contribution in [-0.2, 0) is 26.0 Å². The van der Waals surface area contributed by atoms with Crippen LogP contribution in [0.3, 0.4) is 0 Å². The van der Waals surface area contributed by atoms with Crippen LogP contribution < -0.4 is 0 Å². The second-order valence-electron chi connectivity index (χ2n) is 5.55. The Morgan fingerprint density at radius 1 is 1.23 bits per heavy atom. The zero-order chi connectivity index (χ0) is 19.3. The maximum absolute atomic E-state index is 12.9. The van der Waals surface area contributed by atoms with Crippen molar-refractivity contribution in [3.8, 4) is 0 Å². The highest BCUT2D eigenvalue weighted by Gasteiger charge is 2.23. The topological polar surface area (TPSA) is 80.8 Å². The van der Waals surface area contributed by atoms with Gasteiger partial charge in [-0.2, -0.15) is 0 Å². The monoisotopic (exact) mass is 399 g/mol. The van der Waals surface area contributed by atoms with Gasteiger partial charge in [0.15, 0.2) is 6.61 Å². The number of likely N-dealkylation sites (N-methyl/N-ethyl adjacent to an activating group) is 1. The third-order valence-electron chi connectivity index (χ3n) is 3.59. The molecular formula is C17H18FNO5S2. The number of nitrogens with zero attached hydrogens (tertiary/aromatic N) is 1. The van der Waals surface area contributed by atoms with Gasteiger partial charge in [0.1, 0.15) is 5.82 Å². The van der Waals surface area contributed by atoms with E-state index in [4.69, 9.17) is 0 Å². The molecule has 0 amide bonds. The fourth-order valence-electron chi connectivity index (χ4n) is 2.08. The molecule has 0 unspecified atom stereocenters. The van der Waals surface area contributed by atoms with Crippen molar-refractivity contribution in [1.82, 2.24) is 4.31 Å². The Morgan fingerprint density at radius 2 is 1.88 bits per heavy atom. The Balaban J connectivity index is 2.03. The zero-order valence-corrected chi connectivity index (χ0v) is 15.9. The molecular weight excluding hydrogens is 381 g/mol. The number of ketones is 1. The number of ether oxygens (including phenoxy) is 1. The van der Waals surface area contributed by atoms with Gasteiger partial charge in [0, 0.05) is 25.9 Å². The summed E-state index contributed by atoms with van der Waals surface area (Å²) in [5.74, 6) is -1.39. The highest BCUT2D eigenvalue weighted by atomic mass is 32.2. The molecule has 0 radical (unpaired) electrons. The number of hydrogen-bond donors (Lipinski definition) is 0. The summed E-state index contributed by atoms with van der Waals surface area (Å²) in [6.07, 6.45) is 0.429. The van der Waals surface area contributed by atoms with Gasteiger partial charge in [-0.3, -0.25) is 9.59 Å². The first-order valence-corrected chi connectivity index (χ1v) is 9.98. The molecule has 6 nitrogen and oxygen atoms in total. The van der Waals surface area contributed by atoms with Crippen LogP contribution in [0.25, 0.3) is 0 Å². The standard InChI is InChI=1S/C17H18FNO5S2/c1-12(20)24-10-16(21)17-9-15(11-25-17)26(22,23)19(2)8-7-13-3-5-14(18)6-4-13/h3-6,9,11H,7-8,10H2,1-2H3. The highest BCUT2D eigenvalue weighted by Crippen LogP contribution is 2.23. The lowest BCUT2D eigenvalue weighted by molar-refractivity contribution is -0.139. The summed E-state index contributed by atoms with van der Waals surface area (Å²) in [6, 6.07) is 7.13. The third-order valence-corrected chi connectivity index (χ3v) is 6.55. The van der Waals surface area contributed by atoms with Crippen LogP contribution in [0.15, 0.2) is 40.6 Å². The molecule has 0 saturated carbocycles. The van der Waals surface area contributed by atoms with Gasteiger partial charge in [0.25, 0.3) is 0 Å². The molecule has 0 aliphatic heterocycles. The molecule has 0 aliphatic carbocycles. The number of rotatable bonds is 8. The molecule has 0 saturated heterocycles. The molecule has 1 heterocycles. The van der Waals surface area contributed by atoms with Crippen LogP contribution in [0, 0.1) is 5.82 Å². The van der Waals surface area contributed by atoms with Crippen molar-refractivity contribution in [2.24, 2.45) is 0 Å². The van der Waals surface area contributed by atoms with Gasteiger partial charge in [-0.05, 0) is 30.2 Å². The summed E-state index contributed by atoms with van der Waals surface area (Å²) < 4.78 is 43.9. The molecule has 0 N–H and O–H groups in total. The van der Waals surface area contributed by atoms with Crippen LogP contribution >= 0.6 is 11.3 Å². The first kappa shape index (κ1) is 20.2. The summed E-state index contributed by atoms with van der Waals surface area (Å²) in [5, 5.41) is 1.38. The van der Waals surface area contributed by atoms with Crippen LogP contribution in [0.5, 0.6) is 0 Å². The first-order valence-electron chi connectivity index (χ1n) is 7.66. The fourth-order valence-corrected chi connectivity index (χ4v) is 4.44. The number of carbonyl (C=O) groups excluding carboxylic acids is 2. The molecule has 1 aromatic carbocycles. The van der Waals surface area contributed by atoms with E-state index in [0.29, 0.717) is 6.42 Å². The Labute approximate surface area is 155 Å². The number of hydrogen-bond acceptors (Lipinski definition) is 6. The van der Waals surface area contributed by atoms with Crippen molar-refractivity contribution >= 4 is 33.1 Å². The largest absolute Gasteiger partial charge is 0.457 e. The molecule has 0 aliphatic rings. The van der Waals surface area contributed by atoms with Crippen molar-refractivity contribution in [3.05, 3.63) is 52.0 Å². The zero-order valence-electron chi connectivity index (χ0n) is 14.3. The molecule has 9 heteroatoms. The van der Waals surface area contributed by atoms with Crippen LogP contribution in [0.2, 0.25) is 0 Å². The fraction of sp³-hybridized carbons (Fsp3) is 0.294. The van der Waals surface area contributed by atoms with Gasteiger partial charge in [0.05, 0.1) is 9.77 Å². The van der Waals surface area contributed by atoms with Gasteiger partial charge in [-0.1, -0.05) is 12.1 Å². The first-order chi connectivity index (χ1) is 12.2. The summed E-state index contributed by atoms with van der Waals surface area (Å²) in [4.78, 5) is 22.9. The van der Waals surface area contributed by atoms with Gasteiger partial charge < -0.3 is 4.74 Å². The number of Topliss-reactive ketones (excluding diaryl/α,β-unsaturated/α-hetero) is 1. The number of sulfonamides is 1. The maximum Gasteiger partial charge on any atom is 0.303 e. The van der Waals surface area contributed by atoms with Gasteiger partial charge in [-0.25, -0.2) is 17.1 Å². The SMILES string of the molecule is CC(=O)OCC(=O)c1cc(S(=O)(=O)N(C)CCc2ccc(F)cc2)cs1. The second-order valence-corrected chi connectivity index (χ2v) is 8.51. The minimum Gasteiger partial charge on any atom is -0.457 e. The number of esters is 1. The summed E-state index contributed by atoms with van der Waals surface area (Å²) in [7, 11) is -2.31. The van der Waals surface area contributed by atoms with E-state index in [-0.39, 0.29) is 22.1 Å². The van der Waals surface area contributed by atoms with E-state index in [2.05, 4.69) is 4.74 Å². The predicted octanol–water partition coefficient (Wildman–Crippen LogP) is 2.50. The van der Waals surface area contributed by atoms with Crippen molar-refractivity contribution in [3.63, 3.8) is 0 Å². The van der Waals surface area contributed by atoms with E-state index in [0.717, 1.165) is 16.9 Å². The van der Waals surface area contributed by atoms with E-state index < -0.39 is 28.4 Å². The number of thiophene rings is 1. The highest BCUT2D eigenvalue weighted by molar-refractivity contribution is 7.89. The minimum atomic E-state index is -3.75. The lowest BCUT2D eigenvalue weighted by atomic mass is 10.1. The Morgan fingerprint density at radius 3 is 2.50 bits per heavy atom. The van der Waals surface area contributed by atoms with Crippen LogP contribution in [0.4, 0.5) is 4.39 Å². The lowest BCUT2D eigenvalue weighted by Gasteiger charge is -2.16. The molecule has 0 atom stereocenters. The number of halogens is 1. The smallest absolute Gasteiger partial charge is 0.303 e. The van der Waals surface area contributed by atoms with E-state index in [1.54, 1.807) is 12.1 Å². The van der Waals surface area contributed by atoms with Crippen LogP contribution in [0.1, 0.15) is 22.2 Å². The average Bonchev–Trinajstić information content (AvgIpc) is 3.09. The van der Waals surface area contributed by atoms with Gasteiger partial charge in [-0.15, -0.1) is 11.3 Å². The minimum absolute atomic E-state index is 0.00952. The van der Waals surface area contributed by atoms with Crippen molar-refractivity contribution < 1.29 is 27.1 Å². The molecule has 26 heavy (non-hydrogen) atoms. The van der Waals surface area contributed by atoms with Gasteiger partial charge >= 0.3 is 5.97 Å². The number of carbonyl (C=O) groups is 2. The molecule has 0 fully saturated rings. The average molecular weight is 399 g/mol. The normalized spacial score (nSPS) is 11.5. The second kappa shape index (κ2) is 8.52. The van der Waals surface area contributed by atoms with Crippen molar-refractivity contribution in [2.45, 2.75) is 18.2 Å². The van der Waals surface area contributed by atoms with E-state index >= 15 is 0 Å². The van der Waals surface area contributed by atoms with E-state index in [1.165, 1.54) is 41.9 Å². The molecule has 2 aromatic rings.